The van der Waals surface area contributed by atoms with Crippen molar-refractivity contribution in [3.8, 4) is 11.5 Å². The highest BCUT2D eigenvalue weighted by Crippen LogP contribution is 2.35. The minimum absolute atomic E-state index is 0.0709. The maximum Gasteiger partial charge on any atom is 0.177 e. The van der Waals surface area contributed by atoms with Crippen LogP contribution >= 0.6 is 11.6 Å². The van der Waals surface area contributed by atoms with Gasteiger partial charge in [0.2, 0.25) is 0 Å². The summed E-state index contributed by atoms with van der Waals surface area (Å²) in [5.41, 5.74) is 1.43. The van der Waals surface area contributed by atoms with Crippen LogP contribution in [0, 0.1) is 0 Å². The number of para-hydroxylation sites is 1. The fourth-order valence-electron chi connectivity index (χ4n) is 3.61. The Morgan fingerprint density at radius 3 is 2.68 bits per heavy atom. The van der Waals surface area contributed by atoms with Crippen LogP contribution in [0.5, 0.6) is 11.5 Å². The normalized spacial score (nSPS) is 16.2. The van der Waals surface area contributed by atoms with E-state index in [4.69, 9.17) is 16.3 Å². The summed E-state index contributed by atoms with van der Waals surface area (Å²) in [6.07, 6.45) is 4.29. The van der Waals surface area contributed by atoms with Crippen LogP contribution in [-0.2, 0) is 16.4 Å². The summed E-state index contributed by atoms with van der Waals surface area (Å²) in [4.78, 5) is 6.81. The molecule has 1 N–H and O–H groups in total. The lowest BCUT2D eigenvalue weighted by Crippen LogP contribution is -2.33. The molecule has 0 unspecified atom stereocenters. The number of benzene rings is 1. The molecule has 1 aromatic heterocycles. The first-order valence-electron chi connectivity index (χ1n) is 9.31. The number of ether oxygens (including phenoxy) is 1. The van der Waals surface area contributed by atoms with E-state index in [-0.39, 0.29) is 16.6 Å². The Kier molecular flexibility index (Phi) is 6.47. The largest absolute Gasteiger partial charge is 0.504 e. The zero-order valence-corrected chi connectivity index (χ0v) is 17.6. The number of nitrogens with zero attached hydrogens (tertiary/aromatic N) is 2. The molecule has 1 aromatic carbocycles. The number of phenols is 1. The summed E-state index contributed by atoms with van der Waals surface area (Å²) in [6, 6.07) is 7.02. The Labute approximate surface area is 171 Å². The third-order valence-corrected chi connectivity index (χ3v) is 6.33. The zero-order chi connectivity index (χ0) is 20.3. The third-order valence-electron chi connectivity index (χ3n) is 5.00. The molecule has 3 rings (SSSR count). The van der Waals surface area contributed by atoms with Gasteiger partial charge >= 0.3 is 0 Å². The molecule has 0 radical (unpaired) electrons. The van der Waals surface area contributed by atoms with Gasteiger partial charge in [-0.3, -0.25) is 9.88 Å². The first-order chi connectivity index (χ1) is 13.3. The van der Waals surface area contributed by atoms with E-state index in [2.05, 4.69) is 9.88 Å². The molecule has 0 bridgehead atoms. The Bertz CT molecular complexity index is 941. The molecule has 1 saturated heterocycles. The van der Waals surface area contributed by atoms with Gasteiger partial charge < -0.3 is 9.84 Å². The van der Waals surface area contributed by atoms with Crippen molar-refractivity contribution in [3.63, 3.8) is 0 Å². The Balaban J connectivity index is 1.70. The second-order valence-corrected chi connectivity index (χ2v) is 9.48. The predicted molar refractivity (Wildman–Crippen MR) is 109 cm³/mol. The van der Waals surface area contributed by atoms with Gasteiger partial charge in [-0.2, -0.15) is 0 Å². The average Bonchev–Trinajstić information content (AvgIpc) is 2.65. The molecule has 2 aromatic rings. The Morgan fingerprint density at radius 2 is 2.04 bits per heavy atom. The maximum atomic E-state index is 12.1. The summed E-state index contributed by atoms with van der Waals surface area (Å²) in [5, 5.41) is 10.7. The van der Waals surface area contributed by atoms with E-state index in [9.17, 15) is 13.5 Å². The van der Waals surface area contributed by atoms with Crippen LogP contribution in [0.2, 0.25) is 5.02 Å². The van der Waals surface area contributed by atoms with E-state index >= 15 is 0 Å². The zero-order valence-electron chi connectivity index (χ0n) is 16.1. The van der Waals surface area contributed by atoms with E-state index < -0.39 is 9.84 Å². The van der Waals surface area contributed by atoms with Crippen molar-refractivity contribution in [2.45, 2.75) is 37.1 Å². The summed E-state index contributed by atoms with van der Waals surface area (Å²) in [5.74, 6) is 0.754. The number of likely N-dealkylation sites (tertiary alicyclic amines) is 1. The van der Waals surface area contributed by atoms with Gasteiger partial charge in [-0.15, -0.1) is 0 Å². The number of halogens is 1. The first kappa shape index (κ1) is 20.9. The number of sulfone groups is 1. The summed E-state index contributed by atoms with van der Waals surface area (Å²) < 4.78 is 29.7. The van der Waals surface area contributed by atoms with E-state index in [1.807, 2.05) is 19.1 Å². The van der Waals surface area contributed by atoms with Gasteiger partial charge in [0, 0.05) is 30.5 Å². The molecule has 0 atom stereocenters. The molecular formula is C20H25ClN2O4S. The van der Waals surface area contributed by atoms with Crippen LogP contribution in [0.1, 0.15) is 36.9 Å². The highest BCUT2D eigenvalue weighted by Gasteiger charge is 2.27. The Morgan fingerprint density at radius 1 is 1.32 bits per heavy atom. The topological polar surface area (TPSA) is 79.7 Å². The number of phenolic OH excluding ortho intramolecular Hbond substituents is 1. The lowest BCUT2D eigenvalue weighted by atomic mass is 9.92. The van der Waals surface area contributed by atoms with Crippen LogP contribution < -0.4 is 4.74 Å². The lowest BCUT2D eigenvalue weighted by Gasteiger charge is -2.32. The van der Waals surface area contributed by atoms with Crippen LogP contribution in [0.15, 0.2) is 35.4 Å². The maximum absolute atomic E-state index is 12.1. The van der Waals surface area contributed by atoms with Crippen molar-refractivity contribution in [1.82, 2.24) is 9.88 Å². The molecule has 152 valence electrons. The Hall–Kier alpha value is -1.83. The van der Waals surface area contributed by atoms with Crippen molar-refractivity contribution < 1.29 is 18.3 Å². The van der Waals surface area contributed by atoms with Crippen LogP contribution in [0.25, 0.3) is 0 Å². The number of piperidine rings is 1. The fraction of sp³-hybridized carbons (Fsp3) is 0.450. The summed E-state index contributed by atoms with van der Waals surface area (Å²) in [6.45, 7) is 4.57. The molecule has 28 heavy (non-hydrogen) atoms. The van der Waals surface area contributed by atoms with Gasteiger partial charge in [0.05, 0.1) is 22.2 Å². The van der Waals surface area contributed by atoms with Gasteiger partial charge in [-0.1, -0.05) is 23.7 Å². The standard InChI is InChI=1S/C20H25ClN2O4S/c1-3-27-17-6-4-5-15(20(17)24)13-23-9-7-14(8-10-23)19-18(28(2,25)26)11-16(21)12-22-19/h4-6,11-12,14,24H,3,7-10,13H2,1-2H3. The van der Waals surface area contributed by atoms with Crippen molar-refractivity contribution >= 4 is 21.4 Å². The molecule has 0 saturated carbocycles. The van der Waals surface area contributed by atoms with Gasteiger partial charge in [-0.05, 0) is 45.0 Å². The molecule has 1 aliphatic rings. The number of aromatic hydroxyl groups is 1. The number of aromatic nitrogens is 1. The summed E-state index contributed by atoms with van der Waals surface area (Å²) in [7, 11) is -3.39. The highest BCUT2D eigenvalue weighted by molar-refractivity contribution is 7.90. The molecular weight excluding hydrogens is 400 g/mol. The smallest absolute Gasteiger partial charge is 0.177 e. The lowest BCUT2D eigenvalue weighted by molar-refractivity contribution is 0.199. The molecule has 2 heterocycles. The van der Waals surface area contributed by atoms with Gasteiger partial charge in [0.15, 0.2) is 21.3 Å². The van der Waals surface area contributed by atoms with Crippen molar-refractivity contribution in [1.29, 1.82) is 0 Å². The van der Waals surface area contributed by atoms with Gasteiger partial charge in [0.1, 0.15) is 0 Å². The molecule has 8 heteroatoms. The third kappa shape index (κ3) is 4.77. The number of hydrogen-bond acceptors (Lipinski definition) is 6. The highest BCUT2D eigenvalue weighted by atomic mass is 35.5. The molecule has 0 spiro atoms. The van der Waals surface area contributed by atoms with E-state index in [0.29, 0.717) is 29.6 Å². The molecule has 6 nitrogen and oxygen atoms in total. The quantitative estimate of drug-likeness (QED) is 0.762. The van der Waals surface area contributed by atoms with Gasteiger partial charge in [0.25, 0.3) is 0 Å². The molecule has 0 amide bonds. The monoisotopic (exact) mass is 424 g/mol. The predicted octanol–water partition coefficient (Wildman–Crippen LogP) is 3.62. The number of hydrogen-bond donors (Lipinski definition) is 1. The minimum atomic E-state index is -3.39. The van der Waals surface area contributed by atoms with Crippen molar-refractivity contribution in [2.75, 3.05) is 26.0 Å². The van der Waals surface area contributed by atoms with Crippen molar-refractivity contribution in [3.05, 3.63) is 46.7 Å². The van der Waals surface area contributed by atoms with Crippen LogP contribution in [0.3, 0.4) is 0 Å². The second kappa shape index (κ2) is 8.68. The van der Waals surface area contributed by atoms with Crippen LogP contribution in [0.4, 0.5) is 0 Å². The number of rotatable bonds is 6. The average molecular weight is 425 g/mol. The SMILES string of the molecule is CCOc1cccc(CN2CCC(c3ncc(Cl)cc3S(C)(=O)=O)CC2)c1O. The van der Waals surface area contributed by atoms with E-state index in [0.717, 1.165) is 31.5 Å². The second-order valence-electron chi connectivity index (χ2n) is 7.06. The number of pyridine rings is 1. The van der Waals surface area contributed by atoms with Gasteiger partial charge in [-0.25, -0.2) is 8.42 Å². The summed E-state index contributed by atoms with van der Waals surface area (Å²) >= 11 is 5.96. The molecule has 1 aliphatic heterocycles. The van der Waals surface area contributed by atoms with Crippen LogP contribution in [-0.4, -0.2) is 49.4 Å². The first-order valence-corrected chi connectivity index (χ1v) is 11.6. The molecule has 1 fully saturated rings. The van der Waals surface area contributed by atoms with E-state index in [1.165, 1.54) is 18.5 Å². The van der Waals surface area contributed by atoms with Crippen molar-refractivity contribution in [2.24, 2.45) is 0 Å². The molecule has 0 aliphatic carbocycles. The van der Waals surface area contributed by atoms with E-state index in [1.54, 1.807) is 6.07 Å². The minimum Gasteiger partial charge on any atom is -0.504 e. The fourth-order valence-corrected chi connectivity index (χ4v) is 4.77.